The van der Waals surface area contributed by atoms with Gasteiger partial charge in [-0.25, -0.2) is 4.98 Å². The number of nitrogens with two attached hydrogens (primary N) is 1. The Kier molecular flexibility index (Phi) is 2.92. The van der Waals surface area contributed by atoms with Gasteiger partial charge in [0.15, 0.2) is 0 Å². The van der Waals surface area contributed by atoms with Crippen LogP contribution in [0.4, 0.5) is 13.2 Å². The molecule has 0 aromatic carbocycles. The SMILES string of the molecule is NCCCc1cn(C2CC2)c(C(F)(F)F)n1. The lowest BCUT2D eigenvalue weighted by Gasteiger charge is -2.08. The maximum atomic E-state index is 12.7. The molecule has 0 unspecified atom stereocenters. The maximum Gasteiger partial charge on any atom is 0.449 e. The van der Waals surface area contributed by atoms with Crippen LogP contribution in [-0.2, 0) is 12.6 Å². The number of halogens is 3. The highest BCUT2D eigenvalue weighted by atomic mass is 19.4. The fraction of sp³-hybridized carbons (Fsp3) is 0.700. The van der Waals surface area contributed by atoms with Crippen molar-refractivity contribution in [1.82, 2.24) is 9.55 Å². The van der Waals surface area contributed by atoms with Gasteiger partial charge in [-0.1, -0.05) is 0 Å². The highest BCUT2D eigenvalue weighted by Crippen LogP contribution is 2.40. The van der Waals surface area contributed by atoms with Gasteiger partial charge in [0, 0.05) is 12.2 Å². The Morgan fingerprint density at radius 2 is 2.12 bits per heavy atom. The van der Waals surface area contributed by atoms with Crippen molar-refractivity contribution < 1.29 is 13.2 Å². The lowest BCUT2D eigenvalue weighted by Crippen LogP contribution is -2.13. The Hall–Kier alpha value is -1.04. The average Bonchev–Trinajstić information content (AvgIpc) is 2.94. The fourth-order valence-electron chi connectivity index (χ4n) is 1.69. The summed E-state index contributed by atoms with van der Waals surface area (Å²) >= 11 is 0. The zero-order valence-corrected chi connectivity index (χ0v) is 8.80. The van der Waals surface area contributed by atoms with E-state index in [-0.39, 0.29) is 6.04 Å². The Balaban J connectivity index is 2.23. The predicted molar refractivity (Wildman–Crippen MR) is 52.9 cm³/mol. The monoisotopic (exact) mass is 233 g/mol. The number of hydrogen-bond acceptors (Lipinski definition) is 2. The molecule has 6 heteroatoms. The third-order valence-electron chi connectivity index (χ3n) is 2.61. The van der Waals surface area contributed by atoms with Crippen LogP contribution in [0.3, 0.4) is 0 Å². The number of aromatic nitrogens is 2. The highest BCUT2D eigenvalue weighted by Gasteiger charge is 2.40. The van der Waals surface area contributed by atoms with Crippen molar-refractivity contribution in [1.29, 1.82) is 0 Å². The molecule has 90 valence electrons. The second-order valence-electron chi connectivity index (χ2n) is 4.08. The van der Waals surface area contributed by atoms with E-state index >= 15 is 0 Å². The van der Waals surface area contributed by atoms with Crippen molar-refractivity contribution in [3.05, 3.63) is 17.7 Å². The third-order valence-corrected chi connectivity index (χ3v) is 2.61. The molecule has 1 fully saturated rings. The standard InChI is InChI=1S/C10H14F3N3/c11-10(12,13)9-15-7(2-1-5-14)6-16(9)8-3-4-8/h6,8H,1-5,14H2. The first kappa shape index (κ1) is 11.4. The number of nitrogens with zero attached hydrogens (tertiary/aromatic N) is 2. The zero-order chi connectivity index (χ0) is 11.8. The molecule has 0 spiro atoms. The second-order valence-corrected chi connectivity index (χ2v) is 4.08. The third kappa shape index (κ3) is 2.37. The van der Waals surface area contributed by atoms with Crippen LogP contribution in [0.25, 0.3) is 0 Å². The van der Waals surface area contributed by atoms with E-state index in [0.29, 0.717) is 25.1 Å². The Labute approximate surface area is 91.5 Å². The van der Waals surface area contributed by atoms with Crippen LogP contribution in [0, 0.1) is 0 Å². The van der Waals surface area contributed by atoms with E-state index in [2.05, 4.69) is 4.98 Å². The van der Waals surface area contributed by atoms with E-state index in [4.69, 9.17) is 5.73 Å². The first-order chi connectivity index (χ1) is 7.52. The second kappa shape index (κ2) is 4.08. The van der Waals surface area contributed by atoms with E-state index in [1.165, 1.54) is 10.8 Å². The lowest BCUT2D eigenvalue weighted by atomic mass is 10.2. The van der Waals surface area contributed by atoms with E-state index < -0.39 is 12.0 Å². The maximum absolute atomic E-state index is 12.7. The number of hydrogen-bond donors (Lipinski definition) is 1. The minimum Gasteiger partial charge on any atom is -0.330 e. The highest BCUT2D eigenvalue weighted by molar-refractivity contribution is 5.10. The van der Waals surface area contributed by atoms with Crippen LogP contribution in [-0.4, -0.2) is 16.1 Å². The minimum absolute atomic E-state index is 0.00393. The molecular formula is C10H14F3N3. The quantitative estimate of drug-likeness (QED) is 0.865. The summed E-state index contributed by atoms with van der Waals surface area (Å²) in [5.74, 6) is -0.762. The van der Waals surface area contributed by atoms with Gasteiger partial charge < -0.3 is 10.3 Å². The molecule has 1 aliphatic carbocycles. The number of rotatable bonds is 4. The smallest absolute Gasteiger partial charge is 0.330 e. The van der Waals surface area contributed by atoms with Gasteiger partial charge in [0.1, 0.15) is 0 Å². The van der Waals surface area contributed by atoms with Crippen LogP contribution >= 0.6 is 0 Å². The van der Waals surface area contributed by atoms with E-state index in [1.807, 2.05) is 0 Å². The molecule has 0 aliphatic heterocycles. The Morgan fingerprint density at radius 3 is 2.62 bits per heavy atom. The van der Waals surface area contributed by atoms with Gasteiger partial charge in [0.25, 0.3) is 0 Å². The molecule has 2 N–H and O–H groups in total. The summed E-state index contributed by atoms with van der Waals surface area (Å²) in [5.41, 5.74) is 5.81. The van der Waals surface area contributed by atoms with Gasteiger partial charge in [-0.15, -0.1) is 0 Å². The zero-order valence-electron chi connectivity index (χ0n) is 8.80. The van der Waals surface area contributed by atoms with Gasteiger partial charge >= 0.3 is 6.18 Å². The van der Waals surface area contributed by atoms with Crippen molar-refractivity contribution in [2.45, 2.75) is 37.9 Å². The number of imidazole rings is 1. The van der Waals surface area contributed by atoms with E-state index in [0.717, 1.165) is 12.8 Å². The van der Waals surface area contributed by atoms with Gasteiger partial charge in [-0.2, -0.15) is 13.2 Å². The van der Waals surface area contributed by atoms with Crippen LogP contribution in [0.1, 0.15) is 36.8 Å². The Morgan fingerprint density at radius 1 is 1.44 bits per heavy atom. The van der Waals surface area contributed by atoms with E-state index in [9.17, 15) is 13.2 Å². The normalized spacial score (nSPS) is 16.8. The summed E-state index contributed by atoms with van der Waals surface area (Å²) < 4.78 is 39.3. The minimum atomic E-state index is -4.36. The number of alkyl halides is 3. The van der Waals surface area contributed by atoms with Crippen molar-refractivity contribution >= 4 is 0 Å². The summed E-state index contributed by atoms with van der Waals surface area (Å²) in [6.45, 7) is 0.470. The van der Waals surface area contributed by atoms with E-state index in [1.54, 1.807) is 0 Å². The average molecular weight is 233 g/mol. The van der Waals surface area contributed by atoms with Crippen molar-refractivity contribution in [2.75, 3.05) is 6.54 Å². The van der Waals surface area contributed by atoms with Crippen LogP contribution in [0.5, 0.6) is 0 Å². The molecule has 0 bridgehead atoms. The van der Waals surface area contributed by atoms with Crippen molar-refractivity contribution in [3.63, 3.8) is 0 Å². The van der Waals surface area contributed by atoms with Gasteiger partial charge in [0.2, 0.25) is 5.82 Å². The fourth-order valence-corrected chi connectivity index (χ4v) is 1.69. The summed E-state index contributed by atoms with van der Waals surface area (Å²) in [5, 5.41) is 0. The molecule has 0 atom stereocenters. The molecule has 1 aliphatic rings. The van der Waals surface area contributed by atoms with Crippen molar-refractivity contribution in [3.8, 4) is 0 Å². The topological polar surface area (TPSA) is 43.8 Å². The summed E-state index contributed by atoms with van der Waals surface area (Å²) in [6.07, 6.45) is -0.0243. The van der Waals surface area contributed by atoms with Gasteiger partial charge in [-0.05, 0) is 32.2 Å². The molecule has 1 heterocycles. The molecule has 0 radical (unpaired) electrons. The molecule has 1 aromatic heterocycles. The van der Waals surface area contributed by atoms with Crippen LogP contribution in [0.15, 0.2) is 6.20 Å². The van der Waals surface area contributed by atoms with Crippen molar-refractivity contribution in [2.24, 2.45) is 5.73 Å². The first-order valence-electron chi connectivity index (χ1n) is 5.37. The molecule has 0 amide bonds. The Bertz CT molecular complexity index is 366. The van der Waals surface area contributed by atoms with Gasteiger partial charge in [-0.3, -0.25) is 0 Å². The predicted octanol–water partition coefficient (Wildman–Crippen LogP) is 2.13. The molecule has 2 rings (SSSR count). The molecule has 3 nitrogen and oxygen atoms in total. The summed E-state index contributed by atoms with van der Waals surface area (Å²) in [6, 6.07) is -0.00393. The molecule has 1 aromatic rings. The lowest BCUT2D eigenvalue weighted by molar-refractivity contribution is -0.147. The summed E-state index contributed by atoms with van der Waals surface area (Å²) in [7, 11) is 0. The first-order valence-corrected chi connectivity index (χ1v) is 5.37. The molecule has 0 saturated heterocycles. The van der Waals surface area contributed by atoms with Crippen LogP contribution < -0.4 is 5.73 Å². The summed E-state index contributed by atoms with van der Waals surface area (Å²) in [4.78, 5) is 3.66. The van der Waals surface area contributed by atoms with Gasteiger partial charge in [0.05, 0.1) is 5.69 Å². The molecule has 1 saturated carbocycles. The molecular weight excluding hydrogens is 219 g/mol. The van der Waals surface area contributed by atoms with Crippen LogP contribution in [0.2, 0.25) is 0 Å². The molecule has 16 heavy (non-hydrogen) atoms. The largest absolute Gasteiger partial charge is 0.449 e. The number of aryl methyl sites for hydroxylation is 1.